The minimum Gasteiger partial charge on any atom is -0.496 e. The summed E-state index contributed by atoms with van der Waals surface area (Å²) in [5, 5.41) is 10.5. The van der Waals surface area contributed by atoms with Crippen molar-refractivity contribution in [1.82, 2.24) is 0 Å². The van der Waals surface area contributed by atoms with Crippen LogP contribution >= 0.6 is 0 Å². The Morgan fingerprint density at radius 2 is 1.92 bits per heavy atom. The van der Waals surface area contributed by atoms with Gasteiger partial charge in [0, 0.05) is 12.0 Å². The van der Waals surface area contributed by atoms with Crippen molar-refractivity contribution in [2.75, 3.05) is 7.11 Å². The number of ether oxygens (including phenoxy) is 1. The standard InChI is InChI=1S/C21H30O3/c1-12(2)13-9-14-15(10-17(13)24-6)21(5)8-7-19(23)20(3,4)18(21)11-16(14)22/h9-10,12,18-19,23H,7-8,11H2,1-6H3/t18?,19-,21+/m0/s1. The van der Waals surface area contributed by atoms with Crippen LogP contribution in [-0.2, 0) is 5.41 Å². The summed E-state index contributed by atoms with van der Waals surface area (Å²) in [5.74, 6) is 1.55. The minimum atomic E-state index is -0.346. The lowest BCUT2D eigenvalue weighted by molar-refractivity contribution is -0.0687. The molecule has 0 bridgehead atoms. The molecule has 2 aliphatic carbocycles. The first-order valence-electron chi connectivity index (χ1n) is 9.06. The van der Waals surface area contributed by atoms with Crippen molar-refractivity contribution in [2.45, 2.75) is 71.3 Å². The molecule has 1 N–H and O–H groups in total. The molecule has 1 unspecified atom stereocenters. The molecule has 0 saturated heterocycles. The Morgan fingerprint density at radius 3 is 2.50 bits per heavy atom. The van der Waals surface area contributed by atoms with Gasteiger partial charge in [0.15, 0.2) is 5.78 Å². The number of carbonyl (C=O) groups is 1. The zero-order valence-corrected chi connectivity index (χ0v) is 15.8. The van der Waals surface area contributed by atoms with E-state index in [9.17, 15) is 9.90 Å². The van der Waals surface area contributed by atoms with Gasteiger partial charge in [0.25, 0.3) is 0 Å². The fraction of sp³-hybridized carbons (Fsp3) is 0.667. The quantitative estimate of drug-likeness (QED) is 0.871. The lowest BCUT2D eigenvalue weighted by atomic mass is 9.49. The van der Waals surface area contributed by atoms with E-state index in [1.54, 1.807) is 7.11 Å². The summed E-state index contributed by atoms with van der Waals surface area (Å²) in [7, 11) is 1.70. The fourth-order valence-electron chi connectivity index (χ4n) is 5.07. The Morgan fingerprint density at radius 1 is 1.25 bits per heavy atom. The predicted molar refractivity (Wildman–Crippen MR) is 95.9 cm³/mol. The number of hydrogen-bond acceptors (Lipinski definition) is 3. The second-order valence-electron chi connectivity index (χ2n) is 8.77. The lowest BCUT2D eigenvalue weighted by Gasteiger charge is -2.55. The summed E-state index contributed by atoms with van der Waals surface area (Å²) in [5.41, 5.74) is 2.73. The van der Waals surface area contributed by atoms with Crippen molar-refractivity contribution in [3.05, 3.63) is 28.8 Å². The van der Waals surface area contributed by atoms with E-state index in [1.807, 2.05) is 0 Å². The summed E-state index contributed by atoms with van der Waals surface area (Å²) in [6.07, 6.45) is 1.87. The average Bonchev–Trinajstić information content (AvgIpc) is 2.53. The topological polar surface area (TPSA) is 46.5 Å². The van der Waals surface area contributed by atoms with Gasteiger partial charge in [-0.15, -0.1) is 0 Å². The van der Waals surface area contributed by atoms with Crippen LogP contribution in [0.25, 0.3) is 0 Å². The van der Waals surface area contributed by atoms with Gasteiger partial charge >= 0.3 is 0 Å². The molecule has 0 heterocycles. The van der Waals surface area contributed by atoms with Crippen LogP contribution in [0.2, 0.25) is 0 Å². The van der Waals surface area contributed by atoms with Crippen LogP contribution in [0.15, 0.2) is 12.1 Å². The van der Waals surface area contributed by atoms with Crippen molar-refractivity contribution in [1.29, 1.82) is 0 Å². The molecular formula is C21H30O3. The van der Waals surface area contributed by atoms with Crippen LogP contribution < -0.4 is 4.74 Å². The van der Waals surface area contributed by atoms with Gasteiger partial charge in [-0.05, 0) is 58.8 Å². The number of rotatable bonds is 2. The monoisotopic (exact) mass is 330 g/mol. The molecule has 1 saturated carbocycles. The number of benzene rings is 1. The highest BCUT2D eigenvalue weighted by Crippen LogP contribution is 2.57. The Labute approximate surface area is 145 Å². The third-order valence-electron chi connectivity index (χ3n) is 6.76. The number of carbonyl (C=O) groups excluding carboxylic acids is 1. The average molecular weight is 330 g/mol. The fourth-order valence-corrected chi connectivity index (χ4v) is 5.07. The van der Waals surface area contributed by atoms with Crippen LogP contribution in [0.4, 0.5) is 0 Å². The molecule has 0 amide bonds. The van der Waals surface area contributed by atoms with Gasteiger partial charge in [-0.25, -0.2) is 0 Å². The molecule has 24 heavy (non-hydrogen) atoms. The highest BCUT2D eigenvalue weighted by molar-refractivity contribution is 6.00. The van der Waals surface area contributed by atoms with Crippen molar-refractivity contribution in [2.24, 2.45) is 11.3 Å². The van der Waals surface area contributed by atoms with Crippen LogP contribution in [0.5, 0.6) is 5.75 Å². The van der Waals surface area contributed by atoms with Crippen LogP contribution in [0.3, 0.4) is 0 Å². The van der Waals surface area contributed by atoms with E-state index in [0.29, 0.717) is 12.3 Å². The van der Waals surface area contributed by atoms with E-state index >= 15 is 0 Å². The highest BCUT2D eigenvalue weighted by atomic mass is 16.5. The first kappa shape index (κ1) is 17.5. The summed E-state index contributed by atoms with van der Waals surface area (Å²) < 4.78 is 5.65. The number of aliphatic hydroxyl groups excluding tert-OH is 1. The maximum Gasteiger partial charge on any atom is 0.163 e. The van der Waals surface area contributed by atoms with Crippen LogP contribution in [-0.4, -0.2) is 24.1 Å². The van der Waals surface area contributed by atoms with Crippen molar-refractivity contribution in [3.63, 3.8) is 0 Å². The Bertz CT molecular complexity index is 674. The molecule has 3 nitrogen and oxygen atoms in total. The van der Waals surface area contributed by atoms with Gasteiger partial charge in [0.1, 0.15) is 5.75 Å². The molecule has 0 aliphatic heterocycles. The first-order chi connectivity index (χ1) is 11.1. The maximum absolute atomic E-state index is 12.9. The highest BCUT2D eigenvalue weighted by Gasteiger charge is 2.55. The van der Waals surface area contributed by atoms with Gasteiger partial charge in [-0.1, -0.05) is 34.6 Å². The number of Topliss-reactive ketones (excluding diaryl/α,β-unsaturated/α-hetero) is 1. The molecule has 0 aromatic heterocycles. The van der Waals surface area contributed by atoms with Gasteiger partial charge < -0.3 is 9.84 Å². The van der Waals surface area contributed by atoms with E-state index in [2.05, 4.69) is 46.8 Å². The molecule has 0 spiro atoms. The molecule has 0 radical (unpaired) electrons. The second-order valence-corrected chi connectivity index (χ2v) is 8.77. The Kier molecular flexibility index (Phi) is 4.07. The second kappa shape index (κ2) is 5.59. The summed E-state index contributed by atoms with van der Waals surface area (Å²) in [6, 6.07) is 4.16. The van der Waals surface area contributed by atoms with Gasteiger partial charge in [0.05, 0.1) is 13.2 Å². The zero-order chi connectivity index (χ0) is 17.9. The Hall–Kier alpha value is -1.35. The summed E-state index contributed by atoms with van der Waals surface area (Å²) in [4.78, 5) is 12.9. The molecule has 3 rings (SSSR count). The SMILES string of the molecule is COc1cc2c(cc1C(C)C)C(=O)CC1C(C)(C)[C@@H](O)CC[C@]21C. The molecule has 1 aromatic carbocycles. The van der Waals surface area contributed by atoms with Gasteiger partial charge in [-0.3, -0.25) is 4.79 Å². The molecule has 2 aliphatic rings. The first-order valence-corrected chi connectivity index (χ1v) is 9.06. The lowest BCUT2D eigenvalue weighted by Crippen LogP contribution is -2.54. The molecule has 1 fully saturated rings. The van der Waals surface area contributed by atoms with E-state index in [-0.39, 0.29) is 28.6 Å². The number of fused-ring (bicyclic) bond motifs is 3. The van der Waals surface area contributed by atoms with E-state index in [0.717, 1.165) is 35.3 Å². The van der Waals surface area contributed by atoms with Gasteiger partial charge in [0.2, 0.25) is 0 Å². The Balaban J connectivity index is 2.21. The molecule has 132 valence electrons. The zero-order valence-electron chi connectivity index (χ0n) is 15.8. The molecular weight excluding hydrogens is 300 g/mol. The molecule has 3 atom stereocenters. The third-order valence-corrected chi connectivity index (χ3v) is 6.76. The molecule has 3 heteroatoms. The normalized spacial score (nSPS) is 31.6. The molecule has 1 aromatic rings. The maximum atomic E-state index is 12.9. The summed E-state index contributed by atoms with van der Waals surface area (Å²) >= 11 is 0. The van der Waals surface area contributed by atoms with Crippen molar-refractivity contribution >= 4 is 5.78 Å². The van der Waals surface area contributed by atoms with Crippen molar-refractivity contribution in [3.8, 4) is 5.75 Å². The van der Waals surface area contributed by atoms with Crippen molar-refractivity contribution < 1.29 is 14.6 Å². The largest absolute Gasteiger partial charge is 0.496 e. The van der Waals surface area contributed by atoms with E-state index in [1.165, 1.54) is 0 Å². The van der Waals surface area contributed by atoms with E-state index < -0.39 is 0 Å². The van der Waals surface area contributed by atoms with E-state index in [4.69, 9.17) is 4.74 Å². The predicted octanol–water partition coefficient (Wildman–Crippen LogP) is 4.46. The third kappa shape index (κ3) is 2.32. The smallest absolute Gasteiger partial charge is 0.163 e. The number of methoxy groups -OCH3 is 1. The summed E-state index contributed by atoms with van der Waals surface area (Å²) in [6.45, 7) is 10.7. The van der Waals surface area contributed by atoms with Gasteiger partial charge in [-0.2, -0.15) is 0 Å². The van der Waals surface area contributed by atoms with Crippen LogP contribution in [0, 0.1) is 11.3 Å². The number of ketones is 1. The number of hydrogen-bond donors (Lipinski definition) is 1. The number of aliphatic hydroxyl groups is 1. The minimum absolute atomic E-state index is 0.0885. The van der Waals surface area contributed by atoms with Crippen LogP contribution in [0.1, 0.15) is 81.3 Å².